The Balaban J connectivity index is 1.74. The Morgan fingerprint density at radius 1 is 1.52 bits per heavy atom. The first-order chi connectivity index (χ1) is 10.2. The number of thiophene rings is 1. The van der Waals surface area contributed by atoms with E-state index in [1.807, 2.05) is 22.9 Å². The zero-order chi connectivity index (χ0) is 15.1. The zero-order valence-electron chi connectivity index (χ0n) is 11.9. The molecule has 3 N–H and O–H groups in total. The second kappa shape index (κ2) is 8.16. The average molecular weight is 325 g/mol. The standard InChI is InChI=1S/C13H19N5OS2/c1-2-18-11(8-14)16-17-13(18)21-9-12(19)15-6-5-10-4-3-7-20-10/h3-4,7H,2,5-6,8-9,14H2,1H3,(H,15,19). The summed E-state index contributed by atoms with van der Waals surface area (Å²) in [5.41, 5.74) is 5.60. The number of thioether (sulfide) groups is 1. The van der Waals surface area contributed by atoms with Crippen molar-refractivity contribution in [2.45, 2.75) is 31.6 Å². The molecule has 1 amide bonds. The number of nitrogens with zero attached hydrogens (tertiary/aromatic N) is 3. The fraction of sp³-hybridized carbons (Fsp3) is 0.462. The van der Waals surface area contributed by atoms with Gasteiger partial charge in [-0.1, -0.05) is 17.8 Å². The topological polar surface area (TPSA) is 85.8 Å². The van der Waals surface area contributed by atoms with Crippen LogP contribution in [0.5, 0.6) is 0 Å². The van der Waals surface area contributed by atoms with Gasteiger partial charge in [-0.3, -0.25) is 4.79 Å². The molecule has 0 aliphatic rings. The smallest absolute Gasteiger partial charge is 0.230 e. The maximum Gasteiger partial charge on any atom is 0.230 e. The lowest BCUT2D eigenvalue weighted by Gasteiger charge is -2.06. The number of nitrogens with two attached hydrogens (primary N) is 1. The molecule has 2 rings (SSSR count). The monoisotopic (exact) mass is 325 g/mol. The lowest BCUT2D eigenvalue weighted by molar-refractivity contribution is -0.118. The molecule has 0 atom stereocenters. The second-order valence-corrected chi connectivity index (χ2v) is 6.29. The Labute approximate surface area is 132 Å². The van der Waals surface area contributed by atoms with E-state index in [2.05, 4.69) is 21.6 Å². The second-order valence-electron chi connectivity index (χ2n) is 4.32. The number of nitrogens with one attached hydrogen (secondary N) is 1. The predicted octanol–water partition coefficient (Wildman–Crippen LogP) is 1.27. The van der Waals surface area contributed by atoms with Gasteiger partial charge < -0.3 is 15.6 Å². The molecule has 2 heterocycles. The molecular weight excluding hydrogens is 306 g/mol. The fourth-order valence-corrected chi connectivity index (χ4v) is 3.42. The molecule has 0 aliphatic carbocycles. The highest BCUT2D eigenvalue weighted by Gasteiger charge is 2.11. The number of carbonyl (C=O) groups excluding carboxylic acids is 1. The van der Waals surface area contributed by atoms with Gasteiger partial charge in [-0.25, -0.2) is 0 Å². The Kier molecular flexibility index (Phi) is 6.21. The molecule has 0 unspecified atom stereocenters. The minimum absolute atomic E-state index is 0.0107. The first kappa shape index (κ1) is 16.0. The minimum atomic E-state index is 0.0107. The summed E-state index contributed by atoms with van der Waals surface area (Å²) in [6, 6.07) is 4.09. The van der Waals surface area contributed by atoms with Crippen LogP contribution >= 0.6 is 23.1 Å². The van der Waals surface area contributed by atoms with E-state index in [-0.39, 0.29) is 5.91 Å². The summed E-state index contributed by atoms with van der Waals surface area (Å²) in [5, 5.41) is 13.8. The van der Waals surface area contributed by atoms with Gasteiger partial charge in [0.25, 0.3) is 0 Å². The molecular formula is C13H19N5OS2. The van der Waals surface area contributed by atoms with Crippen LogP contribution in [-0.4, -0.2) is 33.0 Å². The largest absolute Gasteiger partial charge is 0.355 e. The lowest BCUT2D eigenvalue weighted by atomic mass is 10.3. The van der Waals surface area contributed by atoms with Crippen LogP contribution in [0.25, 0.3) is 0 Å². The summed E-state index contributed by atoms with van der Waals surface area (Å²) in [4.78, 5) is 13.1. The molecule has 6 nitrogen and oxygen atoms in total. The van der Waals surface area contributed by atoms with Crippen LogP contribution < -0.4 is 11.1 Å². The Morgan fingerprint density at radius 3 is 3.05 bits per heavy atom. The number of hydrogen-bond acceptors (Lipinski definition) is 6. The molecule has 2 aromatic rings. The number of carbonyl (C=O) groups is 1. The van der Waals surface area contributed by atoms with Crippen molar-refractivity contribution >= 4 is 29.0 Å². The van der Waals surface area contributed by atoms with Gasteiger partial charge in [-0.05, 0) is 24.8 Å². The van der Waals surface area contributed by atoms with Crippen molar-refractivity contribution in [2.24, 2.45) is 5.73 Å². The van der Waals surface area contributed by atoms with Gasteiger partial charge in [-0.2, -0.15) is 0 Å². The third kappa shape index (κ3) is 4.55. The van der Waals surface area contributed by atoms with E-state index in [0.717, 1.165) is 23.9 Å². The van der Waals surface area contributed by atoms with Crippen LogP contribution in [-0.2, 0) is 24.3 Å². The molecule has 0 saturated heterocycles. The van der Waals surface area contributed by atoms with Crippen LogP contribution in [0.1, 0.15) is 17.6 Å². The van der Waals surface area contributed by atoms with Crippen LogP contribution in [0.3, 0.4) is 0 Å². The van der Waals surface area contributed by atoms with E-state index in [1.54, 1.807) is 11.3 Å². The van der Waals surface area contributed by atoms with Gasteiger partial charge in [0.15, 0.2) is 5.16 Å². The summed E-state index contributed by atoms with van der Waals surface area (Å²) in [7, 11) is 0. The van der Waals surface area contributed by atoms with Gasteiger partial charge >= 0.3 is 0 Å². The summed E-state index contributed by atoms with van der Waals surface area (Å²) >= 11 is 3.09. The summed E-state index contributed by atoms with van der Waals surface area (Å²) in [5.74, 6) is 1.10. The molecule has 0 spiro atoms. The van der Waals surface area contributed by atoms with E-state index in [9.17, 15) is 4.79 Å². The van der Waals surface area contributed by atoms with Crippen molar-refractivity contribution in [3.05, 3.63) is 28.2 Å². The van der Waals surface area contributed by atoms with Crippen molar-refractivity contribution in [1.29, 1.82) is 0 Å². The first-order valence-electron chi connectivity index (χ1n) is 6.78. The minimum Gasteiger partial charge on any atom is -0.355 e. The lowest BCUT2D eigenvalue weighted by Crippen LogP contribution is -2.27. The van der Waals surface area contributed by atoms with Gasteiger partial charge in [-0.15, -0.1) is 21.5 Å². The van der Waals surface area contributed by atoms with Crippen LogP contribution in [0.2, 0.25) is 0 Å². The van der Waals surface area contributed by atoms with Gasteiger partial charge in [0.2, 0.25) is 5.91 Å². The van der Waals surface area contributed by atoms with Gasteiger partial charge in [0.05, 0.1) is 12.3 Å². The maximum absolute atomic E-state index is 11.8. The molecule has 0 aromatic carbocycles. The molecule has 21 heavy (non-hydrogen) atoms. The number of amides is 1. The Hall–Kier alpha value is -1.38. The third-order valence-corrected chi connectivity index (χ3v) is 4.80. The highest BCUT2D eigenvalue weighted by atomic mass is 32.2. The third-order valence-electron chi connectivity index (χ3n) is 2.90. The average Bonchev–Trinajstić information content (AvgIpc) is 3.13. The molecule has 0 aliphatic heterocycles. The van der Waals surface area contributed by atoms with Crippen LogP contribution in [0.15, 0.2) is 22.7 Å². The van der Waals surface area contributed by atoms with E-state index in [4.69, 9.17) is 5.73 Å². The van der Waals surface area contributed by atoms with Crippen LogP contribution in [0, 0.1) is 0 Å². The zero-order valence-corrected chi connectivity index (χ0v) is 13.5. The highest BCUT2D eigenvalue weighted by molar-refractivity contribution is 7.99. The van der Waals surface area contributed by atoms with Gasteiger partial charge in [0.1, 0.15) is 5.82 Å². The van der Waals surface area contributed by atoms with E-state index < -0.39 is 0 Å². The highest BCUT2D eigenvalue weighted by Crippen LogP contribution is 2.16. The normalized spacial score (nSPS) is 10.8. The van der Waals surface area contributed by atoms with E-state index in [0.29, 0.717) is 18.8 Å². The molecule has 8 heteroatoms. The van der Waals surface area contributed by atoms with E-state index in [1.165, 1.54) is 16.6 Å². The number of hydrogen-bond donors (Lipinski definition) is 2. The predicted molar refractivity (Wildman–Crippen MR) is 85.3 cm³/mol. The van der Waals surface area contributed by atoms with Crippen LogP contribution in [0.4, 0.5) is 0 Å². The van der Waals surface area contributed by atoms with Crippen molar-refractivity contribution in [1.82, 2.24) is 20.1 Å². The van der Waals surface area contributed by atoms with E-state index >= 15 is 0 Å². The Morgan fingerprint density at radius 2 is 2.38 bits per heavy atom. The number of aromatic nitrogens is 3. The molecule has 2 aromatic heterocycles. The Bertz CT molecular complexity index is 567. The fourth-order valence-electron chi connectivity index (χ4n) is 1.86. The van der Waals surface area contributed by atoms with Crippen molar-refractivity contribution in [3.8, 4) is 0 Å². The molecule has 0 saturated carbocycles. The van der Waals surface area contributed by atoms with Crippen molar-refractivity contribution in [3.63, 3.8) is 0 Å². The maximum atomic E-state index is 11.8. The molecule has 114 valence electrons. The van der Waals surface area contributed by atoms with Gasteiger partial charge in [0, 0.05) is 18.0 Å². The summed E-state index contributed by atoms with van der Waals surface area (Å²) in [6.45, 7) is 3.78. The molecule has 0 bridgehead atoms. The SMILES string of the molecule is CCn1c(CN)nnc1SCC(=O)NCCc1cccs1. The number of rotatable bonds is 8. The van der Waals surface area contributed by atoms with Crippen molar-refractivity contribution in [2.75, 3.05) is 12.3 Å². The molecule has 0 fully saturated rings. The van der Waals surface area contributed by atoms with Crippen molar-refractivity contribution < 1.29 is 4.79 Å². The summed E-state index contributed by atoms with van der Waals surface area (Å²) < 4.78 is 1.93. The molecule has 0 radical (unpaired) electrons. The first-order valence-corrected chi connectivity index (χ1v) is 8.65. The quantitative estimate of drug-likeness (QED) is 0.714. The summed E-state index contributed by atoms with van der Waals surface area (Å²) in [6.07, 6.45) is 0.872.